The fraction of sp³-hybridized carbons (Fsp3) is 0.400. The van der Waals surface area contributed by atoms with Crippen LogP contribution >= 0.6 is 8.60 Å². The molecule has 0 radical (unpaired) electrons. The van der Waals surface area contributed by atoms with Crippen LogP contribution in [0.5, 0.6) is 5.75 Å². The van der Waals surface area contributed by atoms with Crippen molar-refractivity contribution in [1.29, 1.82) is 0 Å². The zero-order chi connectivity index (χ0) is 12.2. The minimum Gasteiger partial charge on any atom is -0.424 e. The second kappa shape index (κ2) is 5.53. The SMILES string of the molecule is CC(C)(C)c1ccc(OP(OF)OF)cc1. The van der Waals surface area contributed by atoms with Gasteiger partial charge in [0.05, 0.1) is 0 Å². The maximum absolute atomic E-state index is 11.7. The normalized spacial score (nSPS) is 11.9. The van der Waals surface area contributed by atoms with Gasteiger partial charge in [-0.2, -0.15) is 0 Å². The molecule has 16 heavy (non-hydrogen) atoms. The summed E-state index contributed by atoms with van der Waals surface area (Å²) in [5, 5.41) is 0. The van der Waals surface area contributed by atoms with E-state index in [0.717, 1.165) is 5.56 Å². The van der Waals surface area contributed by atoms with Gasteiger partial charge in [0.1, 0.15) is 5.75 Å². The first-order valence-corrected chi connectivity index (χ1v) is 5.73. The van der Waals surface area contributed by atoms with Gasteiger partial charge in [0.25, 0.3) is 0 Å². The van der Waals surface area contributed by atoms with E-state index in [1.54, 1.807) is 12.1 Å². The Morgan fingerprint density at radius 1 is 1.00 bits per heavy atom. The third-order valence-corrected chi connectivity index (χ3v) is 2.60. The van der Waals surface area contributed by atoms with Crippen molar-refractivity contribution in [3.05, 3.63) is 29.8 Å². The van der Waals surface area contributed by atoms with Crippen molar-refractivity contribution in [2.75, 3.05) is 0 Å². The molecule has 0 N–H and O–H groups in total. The molecular formula is C10H13F2O3P. The third kappa shape index (κ3) is 3.67. The van der Waals surface area contributed by atoms with E-state index < -0.39 is 8.60 Å². The van der Waals surface area contributed by atoms with Gasteiger partial charge in [0.2, 0.25) is 0 Å². The summed E-state index contributed by atoms with van der Waals surface area (Å²) in [6, 6.07) is 6.85. The molecule has 90 valence electrons. The van der Waals surface area contributed by atoms with Crippen LogP contribution in [-0.2, 0) is 14.9 Å². The summed E-state index contributed by atoms with van der Waals surface area (Å²) < 4.78 is 34.3. The lowest BCUT2D eigenvalue weighted by molar-refractivity contribution is -0.0858. The minimum atomic E-state index is -2.60. The highest BCUT2D eigenvalue weighted by Crippen LogP contribution is 2.41. The Balaban J connectivity index is 2.72. The van der Waals surface area contributed by atoms with Crippen LogP contribution in [0.3, 0.4) is 0 Å². The van der Waals surface area contributed by atoms with E-state index >= 15 is 0 Å². The fourth-order valence-electron chi connectivity index (χ4n) is 1.14. The Hall–Kier alpha value is -0.770. The molecule has 0 aliphatic rings. The van der Waals surface area contributed by atoms with Gasteiger partial charge in [0.15, 0.2) is 0 Å². The Kier molecular flexibility index (Phi) is 4.59. The Morgan fingerprint density at radius 2 is 1.50 bits per heavy atom. The van der Waals surface area contributed by atoms with Crippen LogP contribution in [0.25, 0.3) is 0 Å². The quantitative estimate of drug-likeness (QED) is 0.741. The number of rotatable bonds is 4. The Labute approximate surface area is 94.1 Å². The zero-order valence-corrected chi connectivity index (χ0v) is 10.1. The van der Waals surface area contributed by atoms with Crippen molar-refractivity contribution < 1.29 is 23.0 Å². The highest BCUT2D eigenvalue weighted by molar-refractivity contribution is 7.41. The molecule has 0 fully saturated rings. The van der Waals surface area contributed by atoms with Crippen molar-refractivity contribution in [3.8, 4) is 5.75 Å². The van der Waals surface area contributed by atoms with Crippen LogP contribution in [0.1, 0.15) is 26.3 Å². The van der Waals surface area contributed by atoms with Crippen LogP contribution in [0, 0.1) is 0 Å². The largest absolute Gasteiger partial charge is 0.465 e. The molecule has 0 saturated carbocycles. The molecule has 0 aliphatic carbocycles. The average Bonchev–Trinajstić information content (AvgIpc) is 2.25. The van der Waals surface area contributed by atoms with Crippen molar-refractivity contribution >= 4 is 8.60 Å². The van der Waals surface area contributed by atoms with Gasteiger partial charge in [-0.05, 0) is 32.2 Å². The van der Waals surface area contributed by atoms with Crippen molar-refractivity contribution in [2.24, 2.45) is 0 Å². The molecule has 3 nitrogen and oxygen atoms in total. The van der Waals surface area contributed by atoms with Crippen molar-refractivity contribution in [2.45, 2.75) is 26.2 Å². The van der Waals surface area contributed by atoms with E-state index in [1.807, 2.05) is 12.1 Å². The van der Waals surface area contributed by atoms with Gasteiger partial charge in [0, 0.05) is 0 Å². The van der Waals surface area contributed by atoms with Gasteiger partial charge in [-0.1, -0.05) is 42.4 Å². The van der Waals surface area contributed by atoms with E-state index in [-0.39, 0.29) is 11.2 Å². The van der Waals surface area contributed by atoms with Crippen LogP contribution in [-0.4, -0.2) is 0 Å². The van der Waals surface area contributed by atoms with Gasteiger partial charge in [-0.25, -0.2) is 0 Å². The maximum Gasteiger partial charge on any atom is 0.465 e. The lowest BCUT2D eigenvalue weighted by atomic mass is 9.87. The lowest BCUT2D eigenvalue weighted by Gasteiger charge is -2.19. The summed E-state index contributed by atoms with van der Waals surface area (Å²) in [5.74, 6) is 0.286. The average molecular weight is 250 g/mol. The summed E-state index contributed by atoms with van der Waals surface area (Å²) in [4.78, 5) is 0. The topological polar surface area (TPSA) is 27.7 Å². The molecule has 0 spiro atoms. The highest BCUT2D eigenvalue weighted by atomic mass is 31.2. The summed E-state index contributed by atoms with van der Waals surface area (Å²) in [7, 11) is -2.60. The van der Waals surface area contributed by atoms with Crippen LogP contribution < -0.4 is 4.52 Å². The van der Waals surface area contributed by atoms with Crippen LogP contribution in [0.4, 0.5) is 9.05 Å². The number of halogens is 2. The fourth-order valence-corrected chi connectivity index (χ4v) is 1.51. The first-order valence-electron chi connectivity index (χ1n) is 4.63. The van der Waals surface area contributed by atoms with Gasteiger partial charge in [-0.15, -0.1) is 0 Å². The molecule has 0 amide bonds. The predicted molar refractivity (Wildman–Crippen MR) is 57.1 cm³/mol. The molecule has 0 atom stereocenters. The molecule has 1 rings (SSSR count). The van der Waals surface area contributed by atoms with E-state index in [9.17, 15) is 9.05 Å². The monoisotopic (exact) mass is 250 g/mol. The summed E-state index contributed by atoms with van der Waals surface area (Å²) in [6.45, 7) is 6.18. The van der Waals surface area contributed by atoms with Gasteiger partial charge >= 0.3 is 8.60 Å². The first-order chi connectivity index (χ1) is 7.47. The molecule has 6 heteroatoms. The molecule has 0 aliphatic heterocycles. The molecule has 1 aromatic carbocycles. The highest BCUT2D eigenvalue weighted by Gasteiger charge is 2.18. The number of benzene rings is 1. The molecule has 0 aromatic heterocycles. The molecule has 0 unspecified atom stereocenters. The molecule has 0 heterocycles. The second-order valence-corrected chi connectivity index (χ2v) is 5.13. The molecule has 0 bridgehead atoms. The second-order valence-electron chi connectivity index (χ2n) is 4.23. The van der Waals surface area contributed by atoms with Crippen LogP contribution in [0.2, 0.25) is 0 Å². The van der Waals surface area contributed by atoms with E-state index in [1.165, 1.54) is 0 Å². The van der Waals surface area contributed by atoms with Gasteiger partial charge in [-0.3, -0.25) is 0 Å². The number of hydrogen-bond acceptors (Lipinski definition) is 3. The molecular weight excluding hydrogens is 237 g/mol. The standard InChI is InChI=1S/C10H13F2O3P/c1-10(2,3)8-4-6-9(7-5-8)13-16(14-11)15-12/h4-7H,1-3H3. The maximum atomic E-state index is 11.7. The van der Waals surface area contributed by atoms with Crippen molar-refractivity contribution in [3.63, 3.8) is 0 Å². The number of hydrogen-bond donors (Lipinski definition) is 0. The van der Waals surface area contributed by atoms with E-state index in [2.05, 4.69) is 30.2 Å². The lowest BCUT2D eigenvalue weighted by Crippen LogP contribution is -2.10. The Morgan fingerprint density at radius 3 is 1.88 bits per heavy atom. The summed E-state index contributed by atoms with van der Waals surface area (Å²) in [5.41, 5.74) is 1.10. The third-order valence-electron chi connectivity index (χ3n) is 2.01. The van der Waals surface area contributed by atoms with Crippen molar-refractivity contribution in [1.82, 2.24) is 0 Å². The molecule has 1 aromatic rings. The van der Waals surface area contributed by atoms with Crippen LogP contribution in [0.15, 0.2) is 24.3 Å². The zero-order valence-electron chi connectivity index (χ0n) is 9.24. The summed E-state index contributed by atoms with van der Waals surface area (Å²) in [6.07, 6.45) is 0. The smallest absolute Gasteiger partial charge is 0.424 e. The Bertz CT molecular complexity index is 320. The van der Waals surface area contributed by atoms with E-state index in [4.69, 9.17) is 4.52 Å². The minimum absolute atomic E-state index is 0.0104. The van der Waals surface area contributed by atoms with Gasteiger partial charge < -0.3 is 4.52 Å². The summed E-state index contributed by atoms with van der Waals surface area (Å²) >= 11 is 0. The molecule has 0 saturated heterocycles. The predicted octanol–water partition coefficient (Wildman–Crippen LogP) is 4.39. The first kappa shape index (κ1) is 13.3. The van der Waals surface area contributed by atoms with E-state index in [0.29, 0.717) is 0 Å².